The summed E-state index contributed by atoms with van der Waals surface area (Å²) in [7, 11) is 0. The van der Waals surface area contributed by atoms with Gasteiger partial charge in [0, 0.05) is 29.8 Å². The molecule has 5 rings (SSSR count). The molecule has 2 atom stereocenters. The van der Waals surface area contributed by atoms with Gasteiger partial charge in [-0.3, -0.25) is 4.98 Å². The van der Waals surface area contributed by atoms with Gasteiger partial charge >= 0.3 is 0 Å². The number of thiocarbonyl (C=S) groups is 1. The highest BCUT2D eigenvalue weighted by molar-refractivity contribution is 7.80. The van der Waals surface area contributed by atoms with E-state index in [1.54, 1.807) is 0 Å². The smallest absolute Gasteiger partial charge is 0.170 e. The molecule has 0 unspecified atom stereocenters. The lowest BCUT2D eigenvalue weighted by molar-refractivity contribution is 0.193. The molecule has 1 aliphatic carbocycles. The first-order chi connectivity index (χ1) is 15.1. The molecular formula is C26H30N4S. The third kappa shape index (κ3) is 3.76. The minimum absolute atomic E-state index is 0.0378. The molecule has 1 aromatic carbocycles. The number of nitrogens with zero attached hydrogens (tertiary/aromatic N) is 3. The summed E-state index contributed by atoms with van der Waals surface area (Å²) < 4.78 is 2.33. The molecule has 1 N–H and O–H groups in total. The van der Waals surface area contributed by atoms with Crippen molar-refractivity contribution >= 4 is 17.3 Å². The SMILES string of the molecule is Cc1ccc(-n2cccc2[C@@H]2[C@@H](c3ccccn3)NC(=S)N2C2CCCCC2)cc1C. The highest BCUT2D eigenvalue weighted by Gasteiger charge is 2.44. The van der Waals surface area contributed by atoms with Gasteiger partial charge in [-0.25, -0.2) is 0 Å². The highest BCUT2D eigenvalue weighted by Crippen LogP contribution is 2.43. The second kappa shape index (κ2) is 8.46. The van der Waals surface area contributed by atoms with Crippen molar-refractivity contribution in [3.8, 4) is 5.69 Å². The van der Waals surface area contributed by atoms with Gasteiger partial charge in [0.25, 0.3) is 0 Å². The Labute approximate surface area is 190 Å². The molecule has 2 aliphatic rings. The fraction of sp³-hybridized carbons (Fsp3) is 0.385. The second-order valence-corrected chi connectivity index (χ2v) is 9.28. The van der Waals surface area contributed by atoms with Crippen molar-refractivity contribution in [2.24, 2.45) is 0 Å². The molecule has 0 bridgehead atoms. The molecule has 0 spiro atoms. The summed E-state index contributed by atoms with van der Waals surface area (Å²) in [5.74, 6) is 0. The Morgan fingerprint density at radius 3 is 2.55 bits per heavy atom. The molecule has 3 heterocycles. The van der Waals surface area contributed by atoms with Gasteiger partial charge in [0.05, 0.1) is 17.8 Å². The fourth-order valence-electron chi connectivity index (χ4n) is 5.18. The Balaban J connectivity index is 1.61. The van der Waals surface area contributed by atoms with Gasteiger partial charge in [-0.15, -0.1) is 0 Å². The Hall–Kier alpha value is -2.66. The van der Waals surface area contributed by atoms with E-state index in [4.69, 9.17) is 17.2 Å². The number of aromatic nitrogens is 2. The lowest BCUT2D eigenvalue weighted by Gasteiger charge is -2.37. The van der Waals surface area contributed by atoms with Gasteiger partial charge in [0.15, 0.2) is 5.11 Å². The van der Waals surface area contributed by atoms with E-state index in [0.29, 0.717) is 6.04 Å². The monoisotopic (exact) mass is 430 g/mol. The van der Waals surface area contributed by atoms with E-state index in [0.717, 1.165) is 10.8 Å². The third-order valence-corrected chi connectivity index (χ3v) is 7.28. The summed E-state index contributed by atoms with van der Waals surface area (Å²) in [5, 5.41) is 4.50. The summed E-state index contributed by atoms with van der Waals surface area (Å²) in [4.78, 5) is 7.19. The Kier molecular flexibility index (Phi) is 5.53. The van der Waals surface area contributed by atoms with Gasteiger partial charge in [-0.05, 0) is 86.4 Å². The average molecular weight is 431 g/mol. The van der Waals surface area contributed by atoms with Crippen molar-refractivity contribution < 1.29 is 0 Å². The van der Waals surface area contributed by atoms with Crippen molar-refractivity contribution in [3.63, 3.8) is 0 Å². The number of hydrogen-bond donors (Lipinski definition) is 1. The van der Waals surface area contributed by atoms with Crippen LogP contribution >= 0.6 is 12.2 Å². The Bertz CT molecular complexity index is 1070. The zero-order chi connectivity index (χ0) is 21.4. The number of benzene rings is 1. The number of rotatable bonds is 4. The molecule has 1 aliphatic heterocycles. The highest BCUT2D eigenvalue weighted by atomic mass is 32.1. The second-order valence-electron chi connectivity index (χ2n) is 8.90. The van der Waals surface area contributed by atoms with Crippen molar-refractivity contribution in [1.29, 1.82) is 0 Å². The van der Waals surface area contributed by atoms with Gasteiger partial charge < -0.3 is 14.8 Å². The zero-order valence-corrected chi connectivity index (χ0v) is 19.1. The number of pyridine rings is 1. The van der Waals surface area contributed by atoms with Gasteiger partial charge in [0.1, 0.15) is 0 Å². The van der Waals surface area contributed by atoms with Crippen LogP contribution in [0.3, 0.4) is 0 Å². The molecule has 3 aromatic rings. The van der Waals surface area contributed by atoms with Crippen LogP contribution in [0, 0.1) is 13.8 Å². The van der Waals surface area contributed by atoms with Crippen molar-refractivity contribution in [3.05, 3.63) is 83.4 Å². The lowest BCUT2D eigenvalue weighted by Crippen LogP contribution is -2.40. The normalized spacial score (nSPS) is 22.0. The standard InChI is InChI=1S/C26H30N4S/c1-18-13-14-21(17-19(18)2)29-16-8-12-23(29)25-24(22-11-6-7-15-27-22)28-26(31)30(25)20-9-4-3-5-10-20/h6-8,11-17,20,24-25H,3-5,9-10H2,1-2H3,(H,28,31)/t24-,25-/m1/s1. The maximum atomic E-state index is 5.93. The molecule has 5 heteroatoms. The van der Waals surface area contributed by atoms with Crippen molar-refractivity contribution in [1.82, 2.24) is 19.8 Å². The summed E-state index contributed by atoms with van der Waals surface area (Å²) >= 11 is 5.93. The van der Waals surface area contributed by atoms with Crippen LogP contribution in [0.15, 0.2) is 60.9 Å². The van der Waals surface area contributed by atoms with Crippen LogP contribution in [-0.4, -0.2) is 25.6 Å². The van der Waals surface area contributed by atoms with E-state index in [-0.39, 0.29) is 12.1 Å². The maximum absolute atomic E-state index is 5.93. The minimum atomic E-state index is 0.0378. The third-order valence-electron chi connectivity index (χ3n) is 6.96. The van der Waals surface area contributed by atoms with Crippen molar-refractivity contribution in [2.45, 2.75) is 64.1 Å². The Morgan fingerprint density at radius 2 is 1.81 bits per heavy atom. The van der Waals surface area contributed by atoms with E-state index in [1.165, 1.54) is 54.6 Å². The quantitative estimate of drug-likeness (QED) is 0.531. The molecule has 4 nitrogen and oxygen atoms in total. The van der Waals surface area contributed by atoms with Crippen LogP contribution in [0.1, 0.15) is 66.7 Å². The Morgan fingerprint density at radius 1 is 0.968 bits per heavy atom. The molecule has 1 saturated carbocycles. The topological polar surface area (TPSA) is 33.1 Å². The van der Waals surface area contributed by atoms with Crippen LogP contribution in [0.25, 0.3) is 5.69 Å². The van der Waals surface area contributed by atoms with Crippen LogP contribution in [0.5, 0.6) is 0 Å². The molecule has 2 fully saturated rings. The van der Waals surface area contributed by atoms with E-state index >= 15 is 0 Å². The summed E-state index contributed by atoms with van der Waals surface area (Å²) in [6.45, 7) is 4.34. The summed E-state index contributed by atoms with van der Waals surface area (Å²) in [5.41, 5.74) is 6.13. The van der Waals surface area contributed by atoms with Gasteiger partial charge in [-0.2, -0.15) is 0 Å². The number of aryl methyl sites for hydroxylation is 2. The maximum Gasteiger partial charge on any atom is 0.170 e. The lowest BCUT2D eigenvalue weighted by atomic mass is 9.92. The molecule has 0 amide bonds. The molecule has 0 radical (unpaired) electrons. The molecule has 160 valence electrons. The van der Waals surface area contributed by atoms with Gasteiger partial charge in [-0.1, -0.05) is 31.4 Å². The minimum Gasteiger partial charge on any atom is -0.352 e. The molecule has 31 heavy (non-hydrogen) atoms. The molecule has 2 aromatic heterocycles. The first-order valence-corrected chi connectivity index (χ1v) is 11.8. The van der Waals surface area contributed by atoms with E-state index < -0.39 is 0 Å². The summed E-state index contributed by atoms with van der Waals surface area (Å²) in [6, 6.07) is 17.9. The summed E-state index contributed by atoms with van der Waals surface area (Å²) in [6.07, 6.45) is 10.4. The largest absolute Gasteiger partial charge is 0.352 e. The van der Waals surface area contributed by atoms with Crippen LogP contribution in [0.4, 0.5) is 0 Å². The van der Waals surface area contributed by atoms with E-state index in [2.05, 4.69) is 77.3 Å². The predicted octanol–water partition coefficient (Wildman–Crippen LogP) is 5.79. The fourth-order valence-corrected chi connectivity index (χ4v) is 5.57. The molecule has 1 saturated heterocycles. The molecular weight excluding hydrogens is 400 g/mol. The number of hydrogen-bond acceptors (Lipinski definition) is 2. The zero-order valence-electron chi connectivity index (χ0n) is 18.3. The van der Waals surface area contributed by atoms with E-state index in [1.807, 2.05) is 12.3 Å². The van der Waals surface area contributed by atoms with Crippen LogP contribution in [-0.2, 0) is 0 Å². The first-order valence-electron chi connectivity index (χ1n) is 11.4. The predicted molar refractivity (Wildman–Crippen MR) is 129 cm³/mol. The van der Waals surface area contributed by atoms with E-state index in [9.17, 15) is 0 Å². The number of nitrogens with one attached hydrogen (secondary N) is 1. The first kappa shape index (κ1) is 20.3. The van der Waals surface area contributed by atoms with Crippen molar-refractivity contribution in [2.75, 3.05) is 0 Å². The average Bonchev–Trinajstić information content (AvgIpc) is 3.41. The van der Waals surface area contributed by atoms with Crippen LogP contribution < -0.4 is 5.32 Å². The van der Waals surface area contributed by atoms with Gasteiger partial charge in [0.2, 0.25) is 0 Å². The van der Waals surface area contributed by atoms with Crippen LogP contribution in [0.2, 0.25) is 0 Å².